The van der Waals surface area contributed by atoms with E-state index in [1.165, 1.54) is 17.7 Å². The minimum Gasteiger partial charge on any atom is -0.303 e. The quantitative estimate of drug-likeness (QED) is 0.775. The van der Waals surface area contributed by atoms with Gasteiger partial charge in [0.1, 0.15) is 6.29 Å². The van der Waals surface area contributed by atoms with Gasteiger partial charge in [-0.05, 0) is 41.8 Å². The second-order valence-electron chi connectivity index (χ2n) is 5.80. The Morgan fingerprint density at radius 3 is 2.17 bits per heavy atom. The second-order valence-corrected chi connectivity index (χ2v) is 8.34. The number of benzene rings is 2. The molecule has 0 heterocycles. The number of hydrogen-bond acceptors (Lipinski definition) is 3. The molecule has 120 valence electrons. The molecule has 5 heteroatoms. The lowest BCUT2D eigenvalue weighted by molar-refractivity contribution is -0.108. The Morgan fingerprint density at radius 1 is 1.04 bits per heavy atom. The summed E-state index contributed by atoms with van der Waals surface area (Å²) in [7, 11) is -3.55. The van der Waals surface area contributed by atoms with Crippen molar-refractivity contribution in [2.24, 2.45) is 5.92 Å². The van der Waals surface area contributed by atoms with E-state index in [4.69, 9.17) is 11.6 Å². The van der Waals surface area contributed by atoms with E-state index in [-0.39, 0.29) is 10.8 Å². The maximum atomic E-state index is 12.8. The number of carbonyl (C=O) groups excluding carboxylic acids is 1. The summed E-state index contributed by atoms with van der Waals surface area (Å²) in [6, 6.07) is 13.9. The predicted molar refractivity (Wildman–Crippen MR) is 90.5 cm³/mol. The van der Waals surface area contributed by atoms with E-state index in [1.807, 2.05) is 24.3 Å². The molecule has 0 bridgehead atoms. The largest absolute Gasteiger partial charge is 0.303 e. The molecular weight excluding hydrogens is 332 g/mol. The summed E-state index contributed by atoms with van der Waals surface area (Å²) < 4.78 is 25.6. The van der Waals surface area contributed by atoms with Crippen LogP contribution in [0.15, 0.2) is 53.4 Å². The van der Waals surface area contributed by atoms with Gasteiger partial charge in [0.2, 0.25) is 0 Å². The first-order valence-corrected chi connectivity index (χ1v) is 9.45. The summed E-state index contributed by atoms with van der Waals surface area (Å²) in [4.78, 5) is 11.5. The Kier molecular flexibility index (Phi) is 4.30. The van der Waals surface area contributed by atoms with Crippen LogP contribution in [0.4, 0.5) is 0 Å². The van der Waals surface area contributed by atoms with Gasteiger partial charge in [-0.1, -0.05) is 42.8 Å². The summed E-state index contributed by atoms with van der Waals surface area (Å²) >= 11 is 5.82. The fourth-order valence-corrected chi connectivity index (χ4v) is 5.27. The predicted octanol–water partition coefficient (Wildman–Crippen LogP) is 3.66. The van der Waals surface area contributed by atoms with Crippen molar-refractivity contribution in [3.63, 3.8) is 0 Å². The molecule has 1 aliphatic carbocycles. The first kappa shape index (κ1) is 16.2. The average molecular weight is 349 g/mol. The van der Waals surface area contributed by atoms with Crippen molar-refractivity contribution < 1.29 is 13.2 Å². The van der Waals surface area contributed by atoms with Crippen LogP contribution in [0.3, 0.4) is 0 Å². The molecule has 2 aromatic rings. The van der Waals surface area contributed by atoms with Crippen LogP contribution < -0.4 is 0 Å². The van der Waals surface area contributed by atoms with Gasteiger partial charge in [0.05, 0.1) is 10.1 Å². The third-order valence-corrected chi connectivity index (χ3v) is 6.94. The summed E-state index contributed by atoms with van der Waals surface area (Å²) in [5.41, 5.74) is 2.09. The Balaban J connectivity index is 1.92. The molecule has 1 saturated carbocycles. The topological polar surface area (TPSA) is 51.2 Å². The van der Waals surface area contributed by atoms with Gasteiger partial charge in [-0.25, -0.2) is 8.42 Å². The van der Waals surface area contributed by atoms with Crippen molar-refractivity contribution in [3.8, 4) is 0 Å². The molecule has 2 aromatic carbocycles. The maximum Gasteiger partial charge on any atom is 0.182 e. The molecule has 0 N–H and O–H groups in total. The van der Waals surface area contributed by atoms with Crippen LogP contribution in [0.5, 0.6) is 0 Å². The first-order valence-electron chi connectivity index (χ1n) is 7.52. The summed E-state index contributed by atoms with van der Waals surface area (Å²) in [5.74, 6) is -0.748. The van der Waals surface area contributed by atoms with Gasteiger partial charge < -0.3 is 4.79 Å². The van der Waals surface area contributed by atoms with Crippen LogP contribution in [0.25, 0.3) is 0 Å². The van der Waals surface area contributed by atoms with Crippen LogP contribution in [0, 0.1) is 5.92 Å². The van der Waals surface area contributed by atoms with Gasteiger partial charge in [0, 0.05) is 16.9 Å². The molecule has 0 amide bonds. The van der Waals surface area contributed by atoms with Crippen LogP contribution >= 0.6 is 11.6 Å². The number of halogens is 1. The first-order chi connectivity index (χ1) is 11.0. The molecule has 23 heavy (non-hydrogen) atoms. The summed E-state index contributed by atoms with van der Waals surface area (Å²) in [5, 5.41) is -0.202. The zero-order valence-corrected chi connectivity index (χ0v) is 14.2. The highest BCUT2D eigenvalue weighted by Gasteiger charge is 2.58. The van der Waals surface area contributed by atoms with E-state index < -0.39 is 21.0 Å². The van der Waals surface area contributed by atoms with Crippen LogP contribution in [-0.2, 0) is 21.1 Å². The lowest BCUT2D eigenvalue weighted by Gasteiger charge is -2.05. The number of rotatable bonds is 5. The molecule has 0 aromatic heterocycles. The third kappa shape index (κ3) is 2.93. The van der Waals surface area contributed by atoms with Gasteiger partial charge in [-0.2, -0.15) is 0 Å². The second kappa shape index (κ2) is 6.10. The van der Waals surface area contributed by atoms with Crippen molar-refractivity contribution in [3.05, 3.63) is 64.7 Å². The zero-order valence-electron chi connectivity index (χ0n) is 12.6. The molecule has 1 aliphatic rings. The zero-order chi connectivity index (χ0) is 16.6. The molecule has 0 unspecified atom stereocenters. The highest BCUT2D eigenvalue weighted by atomic mass is 35.5. The lowest BCUT2D eigenvalue weighted by Crippen LogP contribution is -2.11. The Labute approximate surface area is 141 Å². The Hall–Kier alpha value is -1.65. The highest BCUT2D eigenvalue weighted by molar-refractivity contribution is 7.92. The minimum atomic E-state index is -3.55. The van der Waals surface area contributed by atoms with Crippen molar-refractivity contribution in [2.45, 2.75) is 29.4 Å². The monoisotopic (exact) mass is 348 g/mol. The minimum absolute atomic E-state index is 0.214. The van der Waals surface area contributed by atoms with Crippen LogP contribution in [-0.4, -0.2) is 20.0 Å². The fourth-order valence-electron chi connectivity index (χ4n) is 3.04. The molecule has 3 atom stereocenters. The van der Waals surface area contributed by atoms with Gasteiger partial charge in [-0.3, -0.25) is 0 Å². The summed E-state index contributed by atoms with van der Waals surface area (Å²) in [6.07, 6.45) is 1.69. The average Bonchev–Trinajstić information content (AvgIpc) is 3.31. The normalized spacial score (nSPS) is 23.5. The SMILES string of the molecule is CCc1ccc([C@H]2[C@@H](C=O)[C@@H]2S(=O)(=O)c2ccc(Cl)cc2)cc1. The molecule has 0 aliphatic heterocycles. The number of hydrogen-bond donors (Lipinski definition) is 0. The van der Waals surface area contributed by atoms with Crippen LogP contribution in [0.1, 0.15) is 24.0 Å². The lowest BCUT2D eigenvalue weighted by atomic mass is 10.1. The van der Waals surface area contributed by atoms with E-state index in [1.54, 1.807) is 12.1 Å². The molecule has 1 fully saturated rings. The number of aryl methyl sites for hydroxylation is 1. The molecule has 3 nitrogen and oxygen atoms in total. The van der Waals surface area contributed by atoms with Gasteiger partial charge in [0.25, 0.3) is 0 Å². The fraction of sp³-hybridized carbons (Fsp3) is 0.278. The van der Waals surface area contributed by atoms with Crippen molar-refractivity contribution in [2.75, 3.05) is 0 Å². The van der Waals surface area contributed by atoms with Crippen molar-refractivity contribution >= 4 is 27.7 Å². The highest BCUT2D eigenvalue weighted by Crippen LogP contribution is 2.52. The molecule has 0 radical (unpaired) electrons. The van der Waals surface area contributed by atoms with E-state index >= 15 is 0 Å². The van der Waals surface area contributed by atoms with E-state index in [9.17, 15) is 13.2 Å². The smallest absolute Gasteiger partial charge is 0.182 e. The van der Waals surface area contributed by atoms with Gasteiger partial charge >= 0.3 is 0 Å². The van der Waals surface area contributed by atoms with Gasteiger partial charge in [0.15, 0.2) is 9.84 Å². The third-order valence-electron chi connectivity index (χ3n) is 4.44. The van der Waals surface area contributed by atoms with Crippen molar-refractivity contribution in [1.82, 2.24) is 0 Å². The molecule has 0 spiro atoms. The number of carbonyl (C=O) groups is 1. The van der Waals surface area contributed by atoms with E-state index in [2.05, 4.69) is 6.92 Å². The molecular formula is C18H17ClO3S. The number of sulfone groups is 1. The molecule has 3 rings (SSSR count). The standard InChI is InChI=1S/C18H17ClO3S/c1-2-12-3-5-13(6-4-12)17-16(11-20)18(17)23(21,22)15-9-7-14(19)8-10-15/h3-11,16-18H,2H2,1H3/t16-,17+,18+/m1/s1. The maximum absolute atomic E-state index is 12.8. The van der Waals surface area contributed by atoms with Gasteiger partial charge in [-0.15, -0.1) is 0 Å². The Bertz CT molecular complexity index is 810. The van der Waals surface area contributed by atoms with E-state index in [0.29, 0.717) is 5.02 Å². The number of aldehydes is 1. The van der Waals surface area contributed by atoms with Crippen molar-refractivity contribution in [1.29, 1.82) is 0 Å². The Morgan fingerprint density at radius 2 is 1.65 bits per heavy atom. The van der Waals surface area contributed by atoms with E-state index in [0.717, 1.165) is 18.3 Å². The summed E-state index contributed by atoms with van der Waals surface area (Å²) in [6.45, 7) is 2.06. The van der Waals surface area contributed by atoms with Crippen LogP contribution in [0.2, 0.25) is 5.02 Å². The molecule has 0 saturated heterocycles.